The van der Waals surface area contributed by atoms with Crippen molar-refractivity contribution in [2.24, 2.45) is 5.73 Å². The lowest BCUT2D eigenvalue weighted by Crippen LogP contribution is -2.08. The van der Waals surface area contributed by atoms with E-state index in [1.807, 2.05) is 48.5 Å². The molecule has 0 radical (unpaired) electrons. The topological polar surface area (TPSA) is 44.5 Å². The minimum Gasteiger partial charge on any atom is -0.496 e. The molecule has 106 valence electrons. The van der Waals surface area contributed by atoms with E-state index >= 15 is 0 Å². The number of hydrogen-bond donors (Lipinski definition) is 1. The van der Waals surface area contributed by atoms with Crippen LogP contribution in [0, 0.1) is 0 Å². The van der Waals surface area contributed by atoms with Crippen LogP contribution in [0.5, 0.6) is 11.5 Å². The van der Waals surface area contributed by atoms with E-state index in [4.69, 9.17) is 15.2 Å². The molecule has 2 rings (SSSR count). The van der Waals surface area contributed by atoms with Crippen LogP contribution >= 0.6 is 0 Å². The average Bonchev–Trinajstić information content (AvgIpc) is 2.53. The van der Waals surface area contributed by atoms with Gasteiger partial charge in [0.15, 0.2) is 0 Å². The first kappa shape index (κ1) is 14.4. The van der Waals surface area contributed by atoms with Crippen molar-refractivity contribution in [3.8, 4) is 11.5 Å². The Balaban J connectivity index is 2.00. The van der Waals surface area contributed by atoms with Gasteiger partial charge in [0.1, 0.15) is 18.1 Å². The molecule has 0 spiro atoms. The fourth-order valence-electron chi connectivity index (χ4n) is 2.03. The average molecular weight is 271 g/mol. The van der Waals surface area contributed by atoms with Crippen LogP contribution in [-0.4, -0.2) is 7.11 Å². The number of methoxy groups -OCH3 is 1. The van der Waals surface area contributed by atoms with Gasteiger partial charge in [-0.05, 0) is 30.2 Å². The second kappa shape index (κ2) is 6.96. The zero-order chi connectivity index (χ0) is 14.4. The zero-order valence-corrected chi connectivity index (χ0v) is 12.0. The van der Waals surface area contributed by atoms with E-state index in [-0.39, 0.29) is 6.04 Å². The highest BCUT2D eigenvalue weighted by Gasteiger charge is 2.05. The fourth-order valence-corrected chi connectivity index (χ4v) is 2.03. The predicted molar refractivity (Wildman–Crippen MR) is 81.0 cm³/mol. The third kappa shape index (κ3) is 3.52. The molecule has 3 heteroatoms. The molecule has 0 amide bonds. The molecule has 0 aliphatic heterocycles. The van der Waals surface area contributed by atoms with Gasteiger partial charge < -0.3 is 15.2 Å². The van der Waals surface area contributed by atoms with E-state index in [9.17, 15) is 0 Å². The molecule has 0 unspecified atom stereocenters. The van der Waals surface area contributed by atoms with Crippen LogP contribution in [-0.2, 0) is 6.61 Å². The van der Waals surface area contributed by atoms with E-state index in [2.05, 4.69) is 6.92 Å². The highest BCUT2D eigenvalue weighted by Crippen LogP contribution is 2.22. The Labute approximate surface area is 120 Å². The highest BCUT2D eigenvalue weighted by molar-refractivity contribution is 5.34. The molecule has 0 aromatic heterocycles. The van der Waals surface area contributed by atoms with Crippen molar-refractivity contribution in [2.75, 3.05) is 7.11 Å². The Bertz CT molecular complexity index is 537. The zero-order valence-electron chi connectivity index (χ0n) is 12.0. The molecule has 0 heterocycles. The van der Waals surface area contributed by atoms with Gasteiger partial charge in [-0.2, -0.15) is 0 Å². The minimum absolute atomic E-state index is 0.0956. The van der Waals surface area contributed by atoms with Gasteiger partial charge in [-0.3, -0.25) is 0 Å². The lowest BCUT2D eigenvalue weighted by Gasteiger charge is -2.12. The highest BCUT2D eigenvalue weighted by atomic mass is 16.5. The first-order valence-electron chi connectivity index (χ1n) is 6.84. The van der Waals surface area contributed by atoms with E-state index in [0.717, 1.165) is 29.0 Å². The van der Waals surface area contributed by atoms with Gasteiger partial charge in [0.25, 0.3) is 0 Å². The third-order valence-electron chi connectivity index (χ3n) is 3.33. The smallest absolute Gasteiger partial charge is 0.125 e. The lowest BCUT2D eigenvalue weighted by molar-refractivity contribution is 0.296. The van der Waals surface area contributed by atoms with Gasteiger partial charge in [0.2, 0.25) is 0 Å². The number of para-hydroxylation sites is 1. The predicted octanol–water partition coefficient (Wildman–Crippen LogP) is 3.68. The summed E-state index contributed by atoms with van der Waals surface area (Å²) in [5.74, 6) is 1.68. The summed E-state index contributed by atoms with van der Waals surface area (Å²) >= 11 is 0. The first-order valence-corrected chi connectivity index (χ1v) is 6.84. The van der Waals surface area contributed by atoms with E-state index in [1.54, 1.807) is 7.11 Å². The maximum absolute atomic E-state index is 5.99. The van der Waals surface area contributed by atoms with Crippen LogP contribution in [0.2, 0.25) is 0 Å². The molecule has 0 aliphatic rings. The maximum atomic E-state index is 5.99. The summed E-state index contributed by atoms with van der Waals surface area (Å²) in [6, 6.07) is 15.9. The number of ether oxygens (including phenoxy) is 2. The van der Waals surface area contributed by atoms with Crippen molar-refractivity contribution >= 4 is 0 Å². The Morgan fingerprint density at radius 3 is 2.40 bits per heavy atom. The third-order valence-corrected chi connectivity index (χ3v) is 3.33. The Morgan fingerprint density at radius 1 is 1.05 bits per heavy atom. The van der Waals surface area contributed by atoms with Gasteiger partial charge in [-0.25, -0.2) is 0 Å². The summed E-state index contributed by atoms with van der Waals surface area (Å²) in [6.07, 6.45) is 0.932. The molecule has 0 aliphatic carbocycles. The molecule has 0 fully saturated rings. The van der Waals surface area contributed by atoms with Crippen molar-refractivity contribution in [3.63, 3.8) is 0 Å². The van der Waals surface area contributed by atoms with Crippen molar-refractivity contribution < 1.29 is 9.47 Å². The molecule has 2 aromatic rings. The van der Waals surface area contributed by atoms with Crippen LogP contribution in [0.4, 0.5) is 0 Å². The molecule has 0 saturated heterocycles. The molecule has 3 nitrogen and oxygen atoms in total. The molecule has 2 N–H and O–H groups in total. The molecular weight excluding hydrogens is 250 g/mol. The van der Waals surface area contributed by atoms with Crippen LogP contribution in [0.3, 0.4) is 0 Å². The number of rotatable bonds is 6. The summed E-state index contributed by atoms with van der Waals surface area (Å²) in [4.78, 5) is 0. The summed E-state index contributed by atoms with van der Waals surface area (Å²) in [5.41, 5.74) is 8.16. The molecule has 2 aromatic carbocycles. The molecular formula is C17H21NO2. The molecule has 0 saturated carbocycles. The van der Waals surface area contributed by atoms with Crippen molar-refractivity contribution in [1.82, 2.24) is 0 Å². The lowest BCUT2D eigenvalue weighted by atomic mass is 10.1. The monoisotopic (exact) mass is 271 g/mol. The van der Waals surface area contributed by atoms with Gasteiger partial charge >= 0.3 is 0 Å². The van der Waals surface area contributed by atoms with Gasteiger partial charge in [-0.15, -0.1) is 0 Å². The Kier molecular flexibility index (Phi) is 5.02. The second-order valence-corrected chi connectivity index (χ2v) is 4.68. The summed E-state index contributed by atoms with van der Waals surface area (Å²) in [7, 11) is 1.67. The van der Waals surface area contributed by atoms with E-state index in [1.165, 1.54) is 0 Å². The van der Waals surface area contributed by atoms with Crippen molar-refractivity contribution in [2.45, 2.75) is 26.0 Å². The molecule has 20 heavy (non-hydrogen) atoms. The summed E-state index contributed by atoms with van der Waals surface area (Å²) in [6.45, 7) is 2.57. The normalized spacial score (nSPS) is 11.9. The van der Waals surface area contributed by atoms with Crippen LogP contribution in [0.15, 0.2) is 48.5 Å². The SMILES string of the molecule is CC[C@@H](N)c1ccc(OCc2ccccc2OC)cc1. The standard InChI is InChI=1S/C17H21NO2/c1-3-16(18)13-8-10-15(11-9-13)20-12-14-6-4-5-7-17(14)19-2/h4-11,16H,3,12,18H2,1-2H3/t16-/m1/s1. The quantitative estimate of drug-likeness (QED) is 0.871. The van der Waals surface area contributed by atoms with Crippen LogP contribution < -0.4 is 15.2 Å². The molecule has 1 atom stereocenters. The number of hydrogen-bond acceptors (Lipinski definition) is 3. The number of benzene rings is 2. The Hall–Kier alpha value is -2.00. The maximum Gasteiger partial charge on any atom is 0.125 e. The van der Waals surface area contributed by atoms with E-state index < -0.39 is 0 Å². The first-order chi connectivity index (χ1) is 9.74. The van der Waals surface area contributed by atoms with Crippen molar-refractivity contribution in [1.29, 1.82) is 0 Å². The fraction of sp³-hybridized carbons (Fsp3) is 0.294. The van der Waals surface area contributed by atoms with Gasteiger partial charge in [0, 0.05) is 11.6 Å². The van der Waals surface area contributed by atoms with E-state index in [0.29, 0.717) is 6.61 Å². The summed E-state index contributed by atoms with van der Waals surface area (Å²) in [5, 5.41) is 0. The largest absolute Gasteiger partial charge is 0.496 e. The van der Waals surface area contributed by atoms with Crippen LogP contribution in [0.1, 0.15) is 30.5 Å². The minimum atomic E-state index is 0.0956. The second-order valence-electron chi connectivity index (χ2n) is 4.68. The van der Waals surface area contributed by atoms with Crippen LogP contribution in [0.25, 0.3) is 0 Å². The van der Waals surface area contributed by atoms with Crippen molar-refractivity contribution in [3.05, 3.63) is 59.7 Å². The number of nitrogens with two attached hydrogens (primary N) is 1. The Morgan fingerprint density at radius 2 is 1.75 bits per heavy atom. The van der Waals surface area contributed by atoms with Gasteiger partial charge in [0.05, 0.1) is 7.11 Å². The molecule has 0 bridgehead atoms. The van der Waals surface area contributed by atoms with Gasteiger partial charge in [-0.1, -0.05) is 37.3 Å². The summed E-state index contributed by atoms with van der Waals surface area (Å²) < 4.78 is 11.1.